The summed E-state index contributed by atoms with van der Waals surface area (Å²) in [6.45, 7) is 2.68. The average molecular weight is 614 g/mol. The van der Waals surface area contributed by atoms with Gasteiger partial charge < -0.3 is 19.7 Å². The monoisotopic (exact) mass is 613 g/mol. The molecule has 1 N–H and O–H groups in total. The molecule has 0 saturated heterocycles. The largest absolute Gasteiger partial charge is 0.486 e. The van der Waals surface area contributed by atoms with E-state index < -0.39 is 28.5 Å². The van der Waals surface area contributed by atoms with Crippen LogP contribution in [0.15, 0.2) is 72.8 Å². The first-order chi connectivity index (χ1) is 20.2. The number of nitrogens with zero attached hydrogens (tertiary/aromatic N) is 2. The topological polar surface area (TPSA) is 105 Å². The third-order valence-electron chi connectivity index (χ3n) is 6.89. The van der Waals surface area contributed by atoms with Gasteiger partial charge in [-0.1, -0.05) is 73.5 Å². The van der Waals surface area contributed by atoms with E-state index in [1.54, 1.807) is 42.5 Å². The Morgan fingerprint density at radius 2 is 1.67 bits per heavy atom. The predicted octanol–water partition coefficient (Wildman–Crippen LogP) is 4.43. The summed E-state index contributed by atoms with van der Waals surface area (Å²) in [5.74, 6) is 0.0153. The molecule has 0 saturated carbocycles. The van der Waals surface area contributed by atoms with Crippen molar-refractivity contribution in [2.45, 2.75) is 38.8 Å². The van der Waals surface area contributed by atoms with Crippen molar-refractivity contribution in [3.05, 3.63) is 88.9 Å². The number of unbranched alkanes of at least 4 members (excludes halogenated alkanes) is 1. The van der Waals surface area contributed by atoms with Crippen LogP contribution in [-0.2, 0) is 32.6 Å². The molecule has 9 nitrogen and oxygen atoms in total. The molecular weight excluding hydrogens is 578 g/mol. The SMILES string of the molecule is CCCCNC(=O)[C@H](Cc1ccccc1)N(Cc1ccccc1Cl)C(=O)CN(c1ccc2c(c1)OCCO2)S(C)(=O)=O. The highest BCUT2D eigenvalue weighted by atomic mass is 35.5. The number of sulfonamides is 1. The number of carbonyl (C=O) groups excluding carboxylic acids is 2. The third kappa shape index (κ3) is 8.17. The number of hydrogen-bond acceptors (Lipinski definition) is 6. The maximum absolute atomic E-state index is 14.2. The smallest absolute Gasteiger partial charge is 0.244 e. The second-order valence-electron chi connectivity index (χ2n) is 10.1. The highest BCUT2D eigenvalue weighted by Crippen LogP contribution is 2.35. The van der Waals surface area contributed by atoms with Gasteiger partial charge >= 0.3 is 0 Å². The van der Waals surface area contributed by atoms with Gasteiger partial charge in [0, 0.05) is 30.6 Å². The molecule has 0 unspecified atom stereocenters. The number of hydrogen-bond donors (Lipinski definition) is 1. The minimum Gasteiger partial charge on any atom is -0.486 e. The summed E-state index contributed by atoms with van der Waals surface area (Å²) in [6.07, 6.45) is 2.95. The molecule has 3 aromatic rings. The van der Waals surface area contributed by atoms with Crippen molar-refractivity contribution >= 4 is 39.1 Å². The van der Waals surface area contributed by atoms with Gasteiger partial charge in [-0.2, -0.15) is 0 Å². The molecule has 2 amide bonds. The molecule has 0 fully saturated rings. The number of carbonyl (C=O) groups is 2. The molecule has 0 aliphatic carbocycles. The maximum Gasteiger partial charge on any atom is 0.244 e. The molecule has 1 aliphatic rings. The summed E-state index contributed by atoms with van der Waals surface area (Å²) in [7, 11) is -3.91. The zero-order valence-corrected chi connectivity index (χ0v) is 25.4. The molecule has 224 valence electrons. The van der Waals surface area contributed by atoms with Gasteiger partial charge in [0.25, 0.3) is 0 Å². The molecule has 3 aromatic carbocycles. The van der Waals surface area contributed by atoms with Gasteiger partial charge in [-0.15, -0.1) is 0 Å². The first-order valence-corrected chi connectivity index (χ1v) is 16.1. The summed E-state index contributed by atoms with van der Waals surface area (Å²) >= 11 is 6.49. The molecule has 1 atom stereocenters. The lowest BCUT2D eigenvalue weighted by Gasteiger charge is -2.34. The zero-order valence-electron chi connectivity index (χ0n) is 23.8. The Bertz CT molecular complexity index is 1480. The minimum absolute atomic E-state index is 0.00987. The fourth-order valence-corrected chi connectivity index (χ4v) is 5.71. The Balaban J connectivity index is 1.72. The van der Waals surface area contributed by atoms with Crippen molar-refractivity contribution in [1.82, 2.24) is 10.2 Å². The van der Waals surface area contributed by atoms with E-state index in [1.807, 2.05) is 37.3 Å². The van der Waals surface area contributed by atoms with Crippen molar-refractivity contribution in [1.29, 1.82) is 0 Å². The summed E-state index contributed by atoms with van der Waals surface area (Å²) in [5.41, 5.74) is 1.74. The lowest BCUT2D eigenvalue weighted by atomic mass is 10.0. The molecule has 4 rings (SSSR count). The molecule has 0 bridgehead atoms. The van der Waals surface area contributed by atoms with E-state index in [0.717, 1.165) is 29.0 Å². The van der Waals surface area contributed by atoms with Gasteiger partial charge in [0.15, 0.2) is 11.5 Å². The van der Waals surface area contributed by atoms with Crippen LogP contribution in [-0.4, -0.2) is 63.7 Å². The number of halogens is 1. The molecule has 11 heteroatoms. The van der Waals surface area contributed by atoms with Crippen LogP contribution in [0.1, 0.15) is 30.9 Å². The molecular formula is C31H36ClN3O6S. The first-order valence-electron chi connectivity index (χ1n) is 13.9. The number of fused-ring (bicyclic) bond motifs is 1. The number of anilines is 1. The summed E-state index contributed by atoms with van der Waals surface area (Å²) < 4.78 is 38.3. The molecule has 0 aromatic heterocycles. The standard InChI is InChI=1S/C31H36ClN3O6S/c1-3-4-16-33-31(37)27(19-23-10-6-5-7-11-23)34(21-24-12-8-9-13-26(24)32)30(36)22-35(42(2,38)39)25-14-15-28-29(20-25)41-18-17-40-28/h5-15,20,27H,3-4,16-19,21-22H2,1-2H3,(H,33,37)/t27-/m0/s1. The number of rotatable bonds is 13. The van der Waals surface area contributed by atoms with Crippen molar-refractivity contribution in [3.63, 3.8) is 0 Å². The number of amides is 2. The van der Waals surface area contributed by atoms with E-state index in [4.69, 9.17) is 21.1 Å². The lowest BCUT2D eigenvalue weighted by molar-refractivity contribution is -0.140. The molecule has 1 aliphatic heterocycles. The van der Waals surface area contributed by atoms with Crippen molar-refractivity contribution in [2.75, 3.05) is 36.9 Å². The van der Waals surface area contributed by atoms with Crippen LogP contribution < -0.4 is 19.1 Å². The van der Waals surface area contributed by atoms with E-state index >= 15 is 0 Å². The molecule has 1 heterocycles. The Kier molecular flexibility index (Phi) is 10.7. The summed E-state index contributed by atoms with van der Waals surface area (Å²) in [5, 5.41) is 3.40. The van der Waals surface area contributed by atoms with Crippen LogP contribution in [0.5, 0.6) is 11.5 Å². The van der Waals surface area contributed by atoms with E-state index in [9.17, 15) is 18.0 Å². The zero-order chi connectivity index (χ0) is 30.1. The van der Waals surface area contributed by atoms with Crippen molar-refractivity contribution < 1.29 is 27.5 Å². The van der Waals surface area contributed by atoms with Gasteiger partial charge in [0.05, 0.1) is 11.9 Å². The average Bonchev–Trinajstić information content (AvgIpc) is 2.98. The van der Waals surface area contributed by atoms with E-state index in [1.165, 1.54) is 4.90 Å². The molecule has 42 heavy (non-hydrogen) atoms. The van der Waals surface area contributed by atoms with Crippen LogP contribution in [0.4, 0.5) is 5.69 Å². The van der Waals surface area contributed by atoms with Crippen LogP contribution in [0.25, 0.3) is 0 Å². The normalized spacial score (nSPS) is 13.2. The Hall–Kier alpha value is -3.76. The summed E-state index contributed by atoms with van der Waals surface area (Å²) in [6, 6.07) is 20.3. The summed E-state index contributed by atoms with van der Waals surface area (Å²) in [4.78, 5) is 29.3. The van der Waals surface area contributed by atoms with Crippen LogP contribution >= 0.6 is 11.6 Å². The van der Waals surface area contributed by atoms with Crippen molar-refractivity contribution in [3.8, 4) is 11.5 Å². The van der Waals surface area contributed by atoms with Crippen LogP contribution in [0, 0.1) is 0 Å². The lowest BCUT2D eigenvalue weighted by Crippen LogP contribution is -2.53. The third-order valence-corrected chi connectivity index (χ3v) is 8.40. The van der Waals surface area contributed by atoms with E-state index in [-0.39, 0.29) is 24.6 Å². The van der Waals surface area contributed by atoms with Gasteiger partial charge in [-0.25, -0.2) is 8.42 Å². The number of ether oxygens (including phenoxy) is 2. The van der Waals surface area contributed by atoms with Crippen LogP contribution in [0.2, 0.25) is 5.02 Å². The highest BCUT2D eigenvalue weighted by molar-refractivity contribution is 7.92. The maximum atomic E-state index is 14.2. The number of nitrogens with one attached hydrogen (secondary N) is 1. The van der Waals surface area contributed by atoms with Gasteiger partial charge in [-0.05, 0) is 35.7 Å². The minimum atomic E-state index is -3.91. The fraction of sp³-hybridized carbons (Fsp3) is 0.355. The quantitative estimate of drug-likeness (QED) is 0.286. The Morgan fingerprint density at radius 3 is 2.36 bits per heavy atom. The van der Waals surface area contributed by atoms with E-state index in [2.05, 4.69) is 5.32 Å². The fourth-order valence-electron chi connectivity index (χ4n) is 4.67. The second kappa shape index (κ2) is 14.4. The predicted molar refractivity (Wildman–Crippen MR) is 163 cm³/mol. The second-order valence-corrected chi connectivity index (χ2v) is 12.4. The van der Waals surface area contributed by atoms with Crippen molar-refractivity contribution in [2.24, 2.45) is 0 Å². The number of benzene rings is 3. The molecule has 0 spiro atoms. The highest BCUT2D eigenvalue weighted by Gasteiger charge is 2.33. The van der Waals surface area contributed by atoms with Gasteiger partial charge in [0.2, 0.25) is 21.8 Å². The van der Waals surface area contributed by atoms with Gasteiger partial charge in [-0.3, -0.25) is 13.9 Å². The van der Waals surface area contributed by atoms with Crippen LogP contribution in [0.3, 0.4) is 0 Å². The molecule has 0 radical (unpaired) electrons. The Labute approximate surface area is 252 Å². The van der Waals surface area contributed by atoms with Gasteiger partial charge in [0.1, 0.15) is 25.8 Å². The Morgan fingerprint density at radius 1 is 0.976 bits per heavy atom. The first kappa shape index (κ1) is 31.2. The van der Waals surface area contributed by atoms with E-state index in [0.29, 0.717) is 41.8 Å².